The number of nitrogens with zero attached hydrogens (tertiary/aromatic N) is 4. The number of fused-ring (bicyclic) bond motifs is 5. The van der Waals surface area contributed by atoms with Gasteiger partial charge in [-0.1, -0.05) is 55.1 Å². The maximum absolute atomic E-state index is 15.1. The second-order valence-corrected chi connectivity index (χ2v) is 17.9. The van der Waals surface area contributed by atoms with Crippen molar-refractivity contribution in [3.05, 3.63) is 103 Å². The van der Waals surface area contributed by atoms with E-state index in [9.17, 15) is 19.5 Å². The molecule has 2 aliphatic heterocycles. The lowest BCUT2D eigenvalue weighted by atomic mass is 9.51. The van der Waals surface area contributed by atoms with Gasteiger partial charge in [-0.3, -0.25) is 28.8 Å². The molecule has 0 unspecified atom stereocenters. The van der Waals surface area contributed by atoms with Crippen LogP contribution in [0.1, 0.15) is 36.8 Å². The predicted octanol–water partition coefficient (Wildman–Crippen LogP) is 8.93. The number of aromatic nitrogens is 2. The van der Waals surface area contributed by atoms with E-state index in [4.69, 9.17) is 16.7 Å². The number of thiophene rings is 1. The highest BCUT2D eigenvalue weighted by Gasteiger charge is 2.68. The lowest BCUT2D eigenvalue weighted by Crippen LogP contribution is -2.49. The maximum atomic E-state index is 15.1. The number of phenolic OH excluding ortho intramolecular Hbond substituents is 1. The molecule has 13 heteroatoms. The largest absolute Gasteiger partial charge is 0.508 e. The van der Waals surface area contributed by atoms with E-state index in [1.54, 1.807) is 78.5 Å². The molecule has 268 valence electrons. The SMILES string of the molecule is Cc1c(-c2cc(N3C(=O)[C@@H]4C[C@@H]5C(=CC[C@@H]6C(=O)N(c7ccc(Br)cc7)C(=O)[C@@H]65)[C@H](c5cc(Br)ccc5O)[C@]4(C)C3=O)n(C)n2)sc2ccc(Cl)cc12. The zero-order valence-corrected chi connectivity index (χ0v) is 33.4. The number of allylic oxidation sites excluding steroid dienone is 2. The summed E-state index contributed by atoms with van der Waals surface area (Å²) in [5.74, 6) is -4.52. The van der Waals surface area contributed by atoms with Crippen LogP contribution in [0.25, 0.3) is 20.7 Å². The molecule has 9 rings (SSSR count). The van der Waals surface area contributed by atoms with E-state index in [0.717, 1.165) is 30.6 Å². The van der Waals surface area contributed by atoms with Crippen molar-refractivity contribution in [3.8, 4) is 16.3 Å². The Hall–Kier alpha value is -4.10. The first-order valence-electron chi connectivity index (χ1n) is 17.2. The number of rotatable bonds is 4. The van der Waals surface area contributed by atoms with Crippen molar-refractivity contribution in [2.45, 2.75) is 32.6 Å². The molecule has 6 atom stereocenters. The minimum absolute atomic E-state index is 0.0194. The summed E-state index contributed by atoms with van der Waals surface area (Å²) in [4.78, 5) is 61.7. The minimum Gasteiger partial charge on any atom is -0.508 e. The number of hydrogen-bond acceptors (Lipinski definition) is 7. The number of halogens is 3. The Morgan fingerprint density at radius 2 is 1.64 bits per heavy atom. The second kappa shape index (κ2) is 12.2. The average Bonchev–Trinajstić information content (AvgIpc) is 3.80. The number of benzene rings is 3. The lowest BCUT2D eigenvalue weighted by Gasteiger charge is -2.49. The van der Waals surface area contributed by atoms with Gasteiger partial charge in [-0.05, 0) is 104 Å². The molecular weight excluding hydrogens is 844 g/mol. The molecule has 2 aliphatic carbocycles. The van der Waals surface area contributed by atoms with Crippen molar-refractivity contribution in [2.75, 3.05) is 9.80 Å². The van der Waals surface area contributed by atoms with E-state index < -0.39 is 46.8 Å². The van der Waals surface area contributed by atoms with Gasteiger partial charge in [-0.2, -0.15) is 5.10 Å². The van der Waals surface area contributed by atoms with E-state index >= 15 is 4.79 Å². The molecule has 3 aromatic carbocycles. The number of carbonyl (C=O) groups is 4. The number of carbonyl (C=O) groups excluding carboxylic acids is 4. The predicted molar refractivity (Wildman–Crippen MR) is 211 cm³/mol. The molecule has 2 aromatic heterocycles. The second-order valence-electron chi connectivity index (χ2n) is 14.6. The van der Waals surface area contributed by atoms with Crippen LogP contribution >= 0.6 is 54.8 Å². The van der Waals surface area contributed by atoms with Crippen molar-refractivity contribution in [3.63, 3.8) is 0 Å². The highest BCUT2D eigenvalue weighted by atomic mass is 79.9. The fourth-order valence-corrected chi connectivity index (χ4v) is 11.4. The third kappa shape index (κ3) is 4.94. The normalized spacial score (nSPS) is 26.7. The fraction of sp³-hybridized carbons (Fsp3) is 0.275. The molecule has 2 saturated heterocycles. The Balaban J connectivity index is 1.16. The molecule has 1 saturated carbocycles. The van der Waals surface area contributed by atoms with Crippen LogP contribution in [-0.2, 0) is 26.2 Å². The molecule has 3 fully saturated rings. The maximum Gasteiger partial charge on any atom is 0.242 e. The van der Waals surface area contributed by atoms with E-state index in [1.807, 2.05) is 31.2 Å². The quantitative estimate of drug-likeness (QED) is 0.143. The number of amides is 4. The molecule has 0 spiro atoms. The molecule has 4 amide bonds. The number of phenols is 1. The van der Waals surface area contributed by atoms with Crippen LogP contribution in [0.3, 0.4) is 0 Å². The number of hydrogen-bond donors (Lipinski definition) is 1. The van der Waals surface area contributed by atoms with Crippen LogP contribution in [0.2, 0.25) is 5.02 Å². The van der Waals surface area contributed by atoms with Crippen molar-refractivity contribution in [1.82, 2.24) is 9.78 Å². The summed E-state index contributed by atoms with van der Waals surface area (Å²) in [7, 11) is 1.72. The topological polar surface area (TPSA) is 113 Å². The van der Waals surface area contributed by atoms with Gasteiger partial charge in [0.1, 0.15) is 17.3 Å². The summed E-state index contributed by atoms with van der Waals surface area (Å²) < 4.78 is 4.13. The number of aromatic hydroxyl groups is 1. The van der Waals surface area contributed by atoms with Crippen LogP contribution < -0.4 is 9.80 Å². The van der Waals surface area contributed by atoms with Gasteiger partial charge in [-0.15, -0.1) is 11.3 Å². The molecular formula is C40H31Br2ClN4O5S. The first-order valence-corrected chi connectivity index (χ1v) is 20.0. The Bertz CT molecular complexity index is 2490. The molecule has 0 radical (unpaired) electrons. The highest BCUT2D eigenvalue weighted by Crippen LogP contribution is 2.64. The number of anilines is 2. The van der Waals surface area contributed by atoms with E-state index in [2.05, 4.69) is 31.9 Å². The monoisotopic (exact) mass is 872 g/mol. The van der Waals surface area contributed by atoms with Gasteiger partial charge in [0.05, 0.1) is 33.7 Å². The Morgan fingerprint density at radius 3 is 2.40 bits per heavy atom. The molecule has 5 aromatic rings. The Kier molecular flexibility index (Phi) is 7.98. The summed E-state index contributed by atoms with van der Waals surface area (Å²) in [6.45, 7) is 3.81. The molecule has 1 N–H and O–H groups in total. The van der Waals surface area contributed by atoms with Crippen LogP contribution in [0, 0.1) is 36.0 Å². The van der Waals surface area contributed by atoms with Gasteiger partial charge in [0.15, 0.2) is 0 Å². The van der Waals surface area contributed by atoms with Crippen molar-refractivity contribution < 1.29 is 24.3 Å². The van der Waals surface area contributed by atoms with Gasteiger partial charge in [0, 0.05) is 43.3 Å². The summed E-state index contributed by atoms with van der Waals surface area (Å²) in [5.41, 5.74) is 2.07. The van der Waals surface area contributed by atoms with Crippen LogP contribution in [0.4, 0.5) is 11.5 Å². The first-order chi connectivity index (χ1) is 25.3. The zero-order valence-electron chi connectivity index (χ0n) is 28.6. The lowest BCUT2D eigenvalue weighted by molar-refractivity contribution is -0.131. The van der Waals surface area contributed by atoms with E-state index in [0.29, 0.717) is 38.7 Å². The Labute approximate surface area is 330 Å². The van der Waals surface area contributed by atoms with Gasteiger partial charge >= 0.3 is 0 Å². The smallest absolute Gasteiger partial charge is 0.242 e. The van der Waals surface area contributed by atoms with E-state index in [-0.39, 0.29) is 24.0 Å². The third-order valence-electron chi connectivity index (χ3n) is 11.9. The third-order valence-corrected chi connectivity index (χ3v) is 14.4. The number of imide groups is 2. The van der Waals surface area contributed by atoms with Gasteiger partial charge in [0.2, 0.25) is 23.6 Å². The van der Waals surface area contributed by atoms with Crippen molar-refractivity contribution >= 4 is 100 Å². The van der Waals surface area contributed by atoms with Crippen molar-refractivity contribution in [2.24, 2.45) is 36.1 Å². The summed E-state index contributed by atoms with van der Waals surface area (Å²) >= 11 is 14.9. The van der Waals surface area contributed by atoms with Gasteiger partial charge in [-0.25, -0.2) is 4.90 Å². The van der Waals surface area contributed by atoms with E-state index in [1.165, 1.54) is 9.80 Å². The van der Waals surface area contributed by atoms with Gasteiger partial charge < -0.3 is 5.11 Å². The molecule has 0 bridgehead atoms. The van der Waals surface area contributed by atoms with Crippen molar-refractivity contribution in [1.29, 1.82) is 0 Å². The summed E-state index contributed by atoms with van der Waals surface area (Å²) in [6.07, 6.45) is 2.48. The molecule has 4 heterocycles. The van der Waals surface area contributed by atoms with Crippen LogP contribution in [0.5, 0.6) is 5.75 Å². The van der Waals surface area contributed by atoms with Crippen LogP contribution in [-0.4, -0.2) is 38.5 Å². The first kappa shape index (κ1) is 34.7. The Morgan fingerprint density at radius 1 is 0.906 bits per heavy atom. The fourth-order valence-electron chi connectivity index (χ4n) is 9.39. The van der Waals surface area contributed by atoms with Gasteiger partial charge in [0.25, 0.3) is 0 Å². The summed E-state index contributed by atoms with van der Waals surface area (Å²) in [5, 5.41) is 17.8. The highest BCUT2D eigenvalue weighted by molar-refractivity contribution is 9.10. The molecule has 4 aliphatic rings. The minimum atomic E-state index is -1.32. The zero-order chi connectivity index (χ0) is 37.2. The molecule has 9 nitrogen and oxygen atoms in total. The van der Waals surface area contributed by atoms with Crippen LogP contribution in [0.15, 0.2) is 87.3 Å². The number of aryl methyl sites for hydroxylation is 2. The summed E-state index contributed by atoms with van der Waals surface area (Å²) in [6, 6.07) is 19.6. The average molecular weight is 875 g/mol. The standard InChI is InChI=1S/C40H31Br2ClN4O5S/c1-18-25-15-21(43)7-13-31(25)53-35(18)29-17-32(45(3)44-29)47-37(50)28-16-26-23(34(40(28,2)39(47)52)27-14-20(42)6-12-30(27)48)10-11-24-33(26)38(51)46(36(24)49)22-8-4-19(41)5-9-22/h4-10,12-15,17,24,26,28,33-34,48H,11,16H2,1-3H3/t24-,26+,28-,33-,34+,40+/m0/s1. The molecule has 53 heavy (non-hydrogen) atoms.